The highest BCUT2D eigenvalue weighted by molar-refractivity contribution is 7.17. The molecule has 0 saturated carbocycles. The van der Waals surface area contributed by atoms with Crippen molar-refractivity contribution in [2.45, 2.75) is 19.9 Å². The number of hydrogen-bond acceptors (Lipinski definition) is 9. The van der Waals surface area contributed by atoms with Gasteiger partial charge in [-0.2, -0.15) is 0 Å². The lowest BCUT2D eigenvalue weighted by Crippen LogP contribution is -2.30. The van der Waals surface area contributed by atoms with Gasteiger partial charge in [0.2, 0.25) is 0 Å². The fourth-order valence-electron chi connectivity index (χ4n) is 3.93. The first kappa shape index (κ1) is 25.6. The molecule has 2 aromatic carbocycles. The molecule has 0 saturated heterocycles. The lowest BCUT2D eigenvalue weighted by molar-refractivity contribution is -0.117. The Morgan fingerprint density at radius 3 is 2.57 bits per heavy atom. The maximum Gasteiger partial charge on any atom is 0.350 e. The molecule has 2 N–H and O–H groups in total. The third-order valence-electron chi connectivity index (χ3n) is 5.66. The smallest absolute Gasteiger partial charge is 0.350 e. The number of phenolic OH excluding ortho intramolecular Hbond substituents is 1. The summed E-state index contributed by atoms with van der Waals surface area (Å²) >= 11 is 0.907. The van der Waals surface area contributed by atoms with Gasteiger partial charge in [-0.15, -0.1) is 0 Å². The van der Waals surface area contributed by atoms with Gasteiger partial charge in [-0.3, -0.25) is 14.5 Å². The number of ketones is 1. The second-order valence-electron chi connectivity index (χ2n) is 8.01. The maximum absolute atomic E-state index is 13.4. The number of hydrogen-bond donors (Lipinski definition) is 2. The topological polar surface area (TPSA) is 126 Å². The zero-order valence-corrected chi connectivity index (χ0v) is 21.1. The van der Waals surface area contributed by atoms with E-state index in [0.717, 1.165) is 21.8 Å². The van der Waals surface area contributed by atoms with Gasteiger partial charge in [0.05, 0.1) is 31.0 Å². The van der Waals surface area contributed by atoms with Crippen molar-refractivity contribution in [3.8, 4) is 11.5 Å². The van der Waals surface area contributed by atoms with Gasteiger partial charge < -0.3 is 19.7 Å². The summed E-state index contributed by atoms with van der Waals surface area (Å²) < 4.78 is 10.3. The number of aliphatic hydroxyl groups is 1. The standard InChI is InChI=1S/C27H24N2O7S/c1-4-36-20-14-17(11-13-18(20)30)22-21(19(31)12-10-16-8-6-5-7-9-16)23(32)25(33)29(22)27-28-15(2)24(37-27)26(34)35-3/h5-14,22,30,32H,4H2,1-3H3. The van der Waals surface area contributed by atoms with Crippen LogP contribution in [-0.4, -0.2) is 46.6 Å². The number of amides is 1. The van der Waals surface area contributed by atoms with Crippen LogP contribution in [0.25, 0.3) is 6.08 Å². The van der Waals surface area contributed by atoms with E-state index >= 15 is 0 Å². The molecule has 0 spiro atoms. The largest absolute Gasteiger partial charge is 0.504 e. The summed E-state index contributed by atoms with van der Waals surface area (Å²) in [5.74, 6) is -2.76. The van der Waals surface area contributed by atoms with E-state index in [4.69, 9.17) is 9.47 Å². The molecule has 0 bridgehead atoms. The molecule has 1 aliphatic rings. The summed E-state index contributed by atoms with van der Waals surface area (Å²) in [4.78, 5) is 44.6. The van der Waals surface area contributed by atoms with Crippen molar-refractivity contribution in [1.82, 2.24) is 4.98 Å². The minimum atomic E-state index is -1.10. The van der Waals surface area contributed by atoms with Gasteiger partial charge in [0.25, 0.3) is 5.91 Å². The average Bonchev–Trinajstić information content (AvgIpc) is 3.40. The molecular formula is C27H24N2O7S. The second kappa shape index (κ2) is 10.7. The molecule has 9 nitrogen and oxygen atoms in total. The number of esters is 1. The van der Waals surface area contributed by atoms with Gasteiger partial charge in [-0.25, -0.2) is 9.78 Å². The highest BCUT2D eigenvalue weighted by Gasteiger charge is 2.45. The third-order valence-corrected chi connectivity index (χ3v) is 6.80. The van der Waals surface area contributed by atoms with E-state index in [-0.39, 0.29) is 33.7 Å². The Kier molecular flexibility index (Phi) is 7.40. The number of methoxy groups -OCH3 is 1. The van der Waals surface area contributed by atoms with Crippen LogP contribution in [0.4, 0.5) is 5.13 Å². The Hall–Kier alpha value is -4.44. The van der Waals surface area contributed by atoms with Crippen molar-refractivity contribution in [3.05, 3.63) is 87.6 Å². The molecule has 1 aromatic heterocycles. The van der Waals surface area contributed by atoms with E-state index in [9.17, 15) is 24.6 Å². The Morgan fingerprint density at radius 2 is 1.89 bits per heavy atom. The van der Waals surface area contributed by atoms with Crippen LogP contribution in [0.3, 0.4) is 0 Å². The predicted molar refractivity (Wildman–Crippen MR) is 138 cm³/mol. The molecule has 1 amide bonds. The van der Waals surface area contributed by atoms with E-state index in [1.807, 2.05) is 30.3 Å². The SMILES string of the molecule is CCOc1cc(C2C(C(=O)C=Cc3ccccc3)=C(O)C(=O)N2c2nc(C)c(C(=O)OC)s2)ccc1O. The quantitative estimate of drug-likeness (QED) is 0.328. The van der Waals surface area contributed by atoms with Gasteiger partial charge in [-0.05, 0) is 43.2 Å². The number of nitrogens with zero attached hydrogens (tertiary/aromatic N) is 2. The summed E-state index contributed by atoms with van der Waals surface area (Å²) in [6, 6.07) is 12.4. The van der Waals surface area contributed by atoms with Gasteiger partial charge in [0.15, 0.2) is 28.2 Å². The first-order valence-corrected chi connectivity index (χ1v) is 12.1. The van der Waals surface area contributed by atoms with Crippen molar-refractivity contribution >= 4 is 40.2 Å². The van der Waals surface area contributed by atoms with Crippen LogP contribution < -0.4 is 9.64 Å². The van der Waals surface area contributed by atoms with Crippen molar-refractivity contribution in [3.63, 3.8) is 0 Å². The van der Waals surface area contributed by atoms with Gasteiger partial charge in [-0.1, -0.05) is 53.8 Å². The molecule has 2 heterocycles. The normalized spacial score (nSPS) is 15.5. The van der Waals surface area contributed by atoms with Crippen LogP contribution in [0.1, 0.15) is 39.5 Å². The highest BCUT2D eigenvalue weighted by Crippen LogP contribution is 2.44. The number of rotatable bonds is 8. The lowest BCUT2D eigenvalue weighted by atomic mass is 9.95. The number of benzene rings is 2. The van der Waals surface area contributed by atoms with Crippen LogP contribution in [0.15, 0.2) is 65.9 Å². The van der Waals surface area contributed by atoms with Crippen LogP contribution in [0.5, 0.6) is 11.5 Å². The van der Waals surface area contributed by atoms with Gasteiger partial charge >= 0.3 is 5.97 Å². The number of ether oxygens (including phenoxy) is 2. The van der Waals surface area contributed by atoms with Crippen LogP contribution in [0, 0.1) is 6.92 Å². The zero-order chi connectivity index (χ0) is 26.7. The lowest BCUT2D eigenvalue weighted by Gasteiger charge is -2.24. The number of aromatic nitrogens is 1. The molecule has 37 heavy (non-hydrogen) atoms. The number of anilines is 1. The average molecular weight is 521 g/mol. The van der Waals surface area contributed by atoms with E-state index in [1.54, 1.807) is 19.9 Å². The summed E-state index contributed by atoms with van der Waals surface area (Å²) in [6.45, 7) is 3.61. The van der Waals surface area contributed by atoms with Crippen LogP contribution in [-0.2, 0) is 14.3 Å². The Morgan fingerprint density at radius 1 is 1.16 bits per heavy atom. The molecule has 10 heteroatoms. The number of aromatic hydroxyl groups is 1. The first-order valence-electron chi connectivity index (χ1n) is 11.3. The van der Waals surface area contributed by atoms with Crippen LogP contribution >= 0.6 is 11.3 Å². The molecule has 0 radical (unpaired) electrons. The molecule has 0 aliphatic carbocycles. The van der Waals surface area contributed by atoms with Crippen molar-refractivity contribution in [2.75, 3.05) is 18.6 Å². The van der Waals surface area contributed by atoms with Crippen LogP contribution in [0.2, 0.25) is 0 Å². The van der Waals surface area contributed by atoms with E-state index in [2.05, 4.69) is 4.98 Å². The highest BCUT2D eigenvalue weighted by atomic mass is 32.1. The molecule has 3 aromatic rings. The molecule has 190 valence electrons. The third kappa shape index (κ3) is 4.96. The van der Waals surface area contributed by atoms with Crippen molar-refractivity contribution < 1.29 is 34.1 Å². The molecule has 0 fully saturated rings. The maximum atomic E-state index is 13.4. The van der Waals surface area contributed by atoms with E-state index in [1.165, 1.54) is 31.4 Å². The number of carbonyl (C=O) groups excluding carboxylic acids is 3. The van der Waals surface area contributed by atoms with E-state index < -0.39 is 29.5 Å². The first-order chi connectivity index (χ1) is 17.8. The predicted octanol–water partition coefficient (Wildman–Crippen LogP) is 4.52. The molecule has 4 rings (SSSR count). The Balaban J connectivity index is 1.84. The number of allylic oxidation sites excluding steroid dienone is 1. The minimum absolute atomic E-state index is 0.0975. The van der Waals surface area contributed by atoms with E-state index in [0.29, 0.717) is 11.3 Å². The summed E-state index contributed by atoms with van der Waals surface area (Å²) in [7, 11) is 1.24. The molecule has 1 aliphatic heterocycles. The Bertz CT molecular complexity index is 1430. The zero-order valence-electron chi connectivity index (χ0n) is 20.3. The number of aliphatic hydroxyl groups excluding tert-OH is 1. The summed E-state index contributed by atoms with van der Waals surface area (Å²) in [6.07, 6.45) is 2.86. The minimum Gasteiger partial charge on any atom is -0.504 e. The monoisotopic (exact) mass is 520 g/mol. The second-order valence-corrected chi connectivity index (χ2v) is 8.99. The number of carbonyl (C=O) groups is 3. The number of thiazole rings is 1. The fraction of sp³-hybridized carbons (Fsp3) is 0.185. The Labute approximate surface area is 216 Å². The van der Waals surface area contributed by atoms with Gasteiger partial charge in [0.1, 0.15) is 4.88 Å². The summed E-state index contributed by atoms with van der Waals surface area (Å²) in [5, 5.41) is 21.2. The van der Waals surface area contributed by atoms with Gasteiger partial charge in [0, 0.05) is 0 Å². The van der Waals surface area contributed by atoms with Crippen molar-refractivity contribution in [2.24, 2.45) is 0 Å². The van der Waals surface area contributed by atoms with Crippen molar-refractivity contribution in [1.29, 1.82) is 0 Å². The molecule has 1 atom stereocenters. The molecular weight excluding hydrogens is 496 g/mol. The number of aryl methyl sites for hydroxylation is 1. The summed E-state index contributed by atoms with van der Waals surface area (Å²) in [5.41, 5.74) is 1.32. The number of phenols is 1. The molecule has 1 unspecified atom stereocenters. The fourth-order valence-corrected chi connectivity index (χ4v) is 4.95.